The first-order chi connectivity index (χ1) is 15.7. The largest absolute Gasteiger partial charge is 0.443 e. The summed E-state index contributed by atoms with van der Waals surface area (Å²) >= 11 is 0. The Labute approximate surface area is 187 Å². The van der Waals surface area contributed by atoms with E-state index in [9.17, 15) is 29.0 Å². The summed E-state index contributed by atoms with van der Waals surface area (Å²) in [5.41, 5.74) is -5.08. The molecular weight excluding hydrogens is 433 g/mol. The Morgan fingerprint density at radius 3 is 2.21 bits per heavy atom. The minimum absolute atomic E-state index is 0.110. The molecule has 6 nitrogen and oxygen atoms in total. The summed E-state index contributed by atoms with van der Waals surface area (Å²) in [4.78, 5) is 0. The standard InChI is InChI=1S/C24H17F3N4O2/c1-2-18-22(14-30)20(31)33-23(18,16-8-4-3-5-9-16)32-19(21(22,12-28)13-29)15-7-6-10-17(11-15)24(25,26)27/h3-11,18-19,31H,2H2,1H3. The van der Waals surface area contributed by atoms with Gasteiger partial charge in [-0.05, 0) is 24.1 Å². The molecule has 4 atom stereocenters. The molecule has 2 saturated heterocycles. The van der Waals surface area contributed by atoms with E-state index in [1.807, 2.05) is 18.2 Å². The molecule has 33 heavy (non-hydrogen) atoms. The summed E-state index contributed by atoms with van der Waals surface area (Å²) in [6, 6.07) is 18.2. The van der Waals surface area contributed by atoms with Crippen LogP contribution < -0.4 is 0 Å². The van der Waals surface area contributed by atoms with Crippen molar-refractivity contribution in [2.24, 2.45) is 16.7 Å². The van der Waals surface area contributed by atoms with Crippen LogP contribution in [-0.2, 0) is 21.4 Å². The zero-order valence-electron chi connectivity index (χ0n) is 17.3. The SMILES string of the molecule is CCC1C2(c3ccccc3)OC(=N)C1(C#N)C(C#N)(C#N)C(c1cccc(C(F)(F)F)c1)O2. The van der Waals surface area contributed by atoms with E-state index in [0.717, 1.165) is 18.2 Å². The van der Waals surface area contributed by atoms with Gasteiger partial charge in [0.2, 0.25) is 17.1 Å². The lowest BCUT2D eigenvalue weighted by atomic mass is 9.52. The number of rotatable bonds is 3. The van der Waals surface area contributed by atoms with Crippen molar-refractivity contribution in [3.63, 3.8) is 0 Å². The van der Waals surface area contributed by atoms with Crippen LogP contribution in [0.5, 0.6) is 0 Å². The number of hydrogen-bond donors (Lipinski definition) is 1. The fourth-order valence-electron chi connectivity index (χ4n) is 5.08. The highest BCUT2D eigenvalue weighted by molar-refractivity contribution is 5.89. The van der Waals surface area contributed by atoms with Crippen LogP contribution in [0.1, 0.15) is 36.1 Å². The van der Waals surface area contributed by atoms with Gasteiger partial charge in [-0.1, -0.05) is 49.4 Å². The quantitative estimate of drug-likeness (QED) is 0.690. The Bertz CT molecular complexity index is 1230. The van der Waals surface area contributed by atoms with Gasteiger partial charge in [0.25, 0.3) is 0 Å². The van der Waals surface area contributed by atoms with E-state index in [1.54, 1.807) is 37.3 Å². The maximum absolute atomic E-state index is 13.4. The number of benzene rings is 2. The van der Waals surface area contributed by atoms with Crippen LogP contribution >= 0.6 is 0 Å². The van der Waals surface area contributed by atoms with E-state index in [2.05, 4.69) is 0 Å². The molecule has 0 aromatic heterocycles. The van der Waals surface area contributed by atoms with Gasteiger partial charge < -0.3 is 9.47 Å². The zero-order valence-corrected chi connectivity index (χ0v) is 17.3. The number of halogens is 3. The van der Waals surface area contributed by atoms with Gasteiger partial charge in [-0.3, -0.25) is 5.41 Å². The van der Waals surface area contributed by atoms with Gasteiger partial charge in [0, 0.05) is 5.56 Å². The van der Waals surface area contributed by atoms with Crippen molar-refractivity contribution in [3.05, 3.63) is 71.3 Å². The Balaban J connectivity index is 2.06. The second-order valence-electron chi connectivity index (χ2n) is 8.00. The average molecular weight is 450 g/mol. The van der Waals surface area contributed by atoms with Gasteiger partial charge in [-0.25, -0.2) is 0 Å². The first-order valence-corrected chi connectivity index (χ1v) is 10.1. The minimum Gasteiger partial charge on any atom is -0.443 e. The van der Waals surface area contributed by atoms with Crippen molar-refractivity contribution in [3.8, 4) is 18.2 Å². The molecule has 4 unspecified atom stereocenters. The fourth-order valence-corrected chi connectivity index (χ4v) is 5.08. The van der Waals surface area contributed by atoms with Crippen molar-refractivity contribution in [1.82, 2.24) is 0 Å². The molecule has 0 saturated carbocycles. The Morgan fingerprint density at radius 1 is 1.00 bits per heavy atom. The maximum Gasteiger partial charge on any atom is 0.416 e. The smallest absolute Gasteiger partial charge is 0.416 e. The normalized spacial score (nSPS) is 29.9. The summed E-state index contributed by atoms with van der Waals surface area (Å²) in [6.07, 6.45) is -6.07. The third-order valence-electron chi connectivity index (χ3n) is 6.53. The van der Waals surface area contributed by atoms with Gasteiger partial charge >= 0.3 is 6.18 Å². The molecule has 2 aliphatic heterocycles. The lowest BCUT2D eigenvalue weighted by Crippen LogP contribution is -2.58. The number of nitrogens with one attached hydrogen (secondary N) is 1. The second-order valence-corrected chi connectivity index (χ2v) is 8.00. The number of nitriles is 3. The lowest BCUT2D eigenvalue weighted by molar-refractivity contribution is -0.292. The van der Waals surface area contributed by atoms with E-state index in [4.69, 9.17) is 14.9 Å². The average Bonchev–Trinajstić information content (AvgIpc) is 3.03. The molecule has 2 fully saturated rings. The monoisotopic (exact) mass is 450 g/mol. The first kappa shape index (κ1) is 22.3. The minimum atomic E-state index is -4.68. The van der Waals surface area contributed by atoms with E-state index in [0.29, 0.717) is 5.56 Å². The van der Waals surface area contributed by atoms with E-state index in [-0.39, 0.29) is 12.0 Å². The van der Waals surface area contributed by atoms with Crippen molar-refractivity contribution in [2.45, 2.75) is 31.4 Å². The molecule has 2 heterocycles. The van der Waals surface area contributed by atoms with Gasteiger partial charge in [0.15, 0.2) is 5.41 Å². The molecule has 2 aromatic rings. The van der Waals surface area contributed by atoms with E-state index in [1.165, 1.54) is 6.07 Å². The van der Waals surface area contributed by atoms with Crippen LogP contribution in [0.15, 0.2) is 54.6 Å². The predicted octanol–water partition coefficient (Wildman–Crippen LogP) is 5.21. The first-order valence-electron chi connectivity index (χ1n) is 10.1. The van der Waals surface area contributed by atoms with Crippen LogP contribution in [0.3, 0.4) is 0 Å². The highest BCUT2D eigenvalue weighted by Crippen LogP contribution is 2.69. The van der Waals surface area contributed by atoms with Crippen molar-refractivity contribution in [2.75, 3.05) is 0 Å². The summed E-state index contributed by atoms with van der Waals surface area (Å²) in [5.74, 6) is -3.29. The van der Waals surface area contributed by atoms with Crippen LogP contribution in [0, 0.1) is 56.2 Å². The van der Waals surface area contributed by atoms with Crippen molar-refractivity contribution in [1.29, 1.82) is 21.2 Å². The zero-order chi connectivity index (χ0) is 24.1. The van der Waals surface area contributed by atoms with Gasteiger partial charge in [0.1, 0.15) is 6.10 Å². The maximum atomic E-state index is 13.4. The highest BCUT2D eigenvalue weighted by atomic mass is 19.4. The van der Waals surface area contributed by atoms with E-state index < -0.39 is 46.3 Å². The van der Waals surface area contributed by atoms with Crippen LogP contribution in [0.4, 0.5) is 13.2 Å². The number of nitrogens with zero attached hydrogens (tertiary/aromatic N) is 3. The number of ether oxygens (including phenoxy) is 2. The van der Waals surface area contributed by atoms with E-state index >= 15 is 0 Å². The Hall–Kier alpha value is -3.87. The molecule has 1 N–H and O–H groups in total. The molecule has 0 spiro atoms. The molecule has 0 radical (unpaired) electrons. The summed E-state index contributed by atoms with van der Waals surface area (Å²) in [5, 5.41) is 39.4. The molecule has 0 amide bonds. The molecule has 2 aliphatic rings. The van der Waals surface area contributed by atoms with Crippen LogP contribution in [0.2, 0.25) is 0 Å². The second kappa shape index (κ2) is 7.33. The molecule has 2 aromatic carbocycles. The Morgan fingerprint density at radius 2 is 1.67 bits per heavy atom. The fraction of sp³-hybridized carbons (Fsp3) is 0.333. The topological polar surface area (TPSA) is 114 Å². The lowest BCUT2D eigenvalue weighted by Gasteiger charge is -2.49. The number of alkyl halides is 3. The Kier molecular flexibility index (Phi) is 4.96. The summed E-state index contributed by atoms with van der Waals surface area (Å²) < 4.78 is 52.5. The third-order valence-corrected chi connectivity index (χ3v) is 6.53. The number of hydrogen-bond acceptors (Lipinski definition) is 6. The van der Waals surface area contributed by atoms with Crippen molar-refractivity contribution < 1.29 is 22.6 Å². The summed E-state index contributed by atoms with van der Waals surface area (Å²) in [7, 11) is 0. The molecule has 0 aliphatic carbocycles. The van der Waals surface area contributed by atoms with Crippen molar-refractivity contribution >= 4 is 5.90 Å². The highest BCUT2D eigenvalue weighted by Gasteiger charge is 2.80. The molecular formula is C24H17F3N4O2. The molecule has 4 rings (SSSR count). The molecule has 166 valence electrons. The van der Waals surface area contributed by atoms with Gasteiger partial charge in [-0.15, -0.1) is 0 Å². The molecule has 2 bridgehead atoms. The van der Waals surface area contributed by atoms with Gasteiger partial charge in [-0.2, -0.15) is 29.0 Å². The third kappa shape index (κ3) is 2.71. The number of fused-ring (bicyclic) bond motifs is 2. The predicted molar refractivity (Wildman–Crippen MR) is 108 cm³/mol. The van der Waals surface area contributed by atoms with Crippen LogP contribution in [-0.4, -0.2) is 5.90 Å². The van der Waals surface area contributed by atoms with Crippen LogP contribution in [0.25, 0.3) is 0 Å². The summed E-state index contributed by atoms with van der Waals surface area (Å²) in [6.45, 7) is 1.71. The van der Waals surface area contributed by atoms with Gasteiger partial charge in [0.05, 0.1) is 29.7 Å². The molecule has 9 heteroatoms.